The Bertz CT molecular complexity index is 528. The van der Waals surface area contributed by atoms with Gasteiger partial charge in [-0.2, -0.15) is 0 Å². The maximum atomic E-state index is 12.1. The van der Waals surface area contributed by atoms with E-state index in [-0.39, 0.29) is 23.9 Å². The Morgan fingerprint density at radius 3 is 2.60 bits per heavy atom. The molecule has 2 N–H and O–H groups in total. The molecule has 2 rings (SSSR count). The number of likely N-dealkylation sites (N-methyl/N-ethyl adjacent to an activating group) is 1. The third kappa shape index (κ3) is 3.45. The number of amides is 2. The van der Waals surface area contributed by atoms with E-state index in [9.17, 15) is 14.4 Å². The molecule has 1 aromatic rings. The summed E-state index contributed by atoms with van der Waals surface area (Å²) in [5.74, 6) is -0.350. The number of aromatic nitrogens is 1. The van der Waals surface area contributed by atoms with Crippen molar-refractivity contribution in [1.82, 2.24) is 20.1 Å². The fourth-order valence-electron chi connectivity index (χ4n) is 2.05. The Hall–Kier alpha value is -2.15. The van der Waals surface area contributed by atoms with E-state index in [2.05, 4.69) is 10.3 Å². The van der Waals surface area contributed by atoms with E-state index in [1.54, 1.807) is 11.9 Å². The number of H-pyrrole nitrogens is 1. The van der Waals surface area contributed by atoms with Gasteiger partial charge in [-0.1, -0.05) is 0 Å². The first-order valence-electron chi connectivity index (χ1n) is 6.50. The number of nitrogens with one attached hydrogen (secondary N) is 2. The van der Waals surface area contributed by atoms with Gasteiger partial charge in [0.25, 0.3) is 5.91 Å². The number of rotatable bonds is 3. The van der Waals surface area contributed by atoms with Gasteiger partial charge >= 0.3 is 0 Å². The van der Waals surface area contributed by atoms with Gasteiger partial charge in [0.05, 0.1) is 12.1 Å². The second-order valence-electron chi connectivity index (χ2n) is 4.73. The van der Waals surface area contributed by atoms with Gasteiger partial charge in [0.1, 0.15) is 0 Å². The molecule has 2 heterocycles. The van der Waals surface area contributed by atoms with Crippen LogP contribution in [0.15, 0.2) is 23.1 Å². The fraction of sp³-hybridized carbons (Fsp3) is 0.462. The standard InChI is InChI=1S/C13H18N4O3/c1-16(9-12(19)17-6-4-14-5-7-17)13(20)10-2-3-11(18)15-8-10/h2-3,8,14H,4-7,9H2,1H3,(H,15,18). The molecule has 0 spiro atoms. The van der Waals surface area contributed by atoms with Crippen molar-refractivity contribution in [3.63, 3.8) is 0 Å². The molecule has 1 aliphatic heterocycles. The predicted molar refractivity (Wildman–Crippen MR) is 73.5 cm³/mol. The zero-order valence-electron chi connectivity index (χ0n) is 11.4. The summed E-state index contributed by atoms with van der Waals surface area (Å²) in [6.07, 6.45) is 1.36. The highest BCUT2D eigenvalue weighted by atomic mass is 16.2. The van der Waals surface area contributed by atoms with Crippen molar-refractivity contribution >= 4 is 11.8 Å². The smallest absolute Gasteiger partial charge is 0.255 e. The second-order valence-corrected chi connectivity index (χ2v) is 4.73. The van der Waals surface area contributed by atoms with Crippen LogP contribution in [-0.4, -0.2) is 66.4 Å². The van der Waals surface area contributed by atoms with Crippen LogP contribution in [0.4, 0.5) is 0 Å². The maximum Gasteiger partial charge on any atom is 0.255 e. The zero-order chi connectivity index (χ0) is 14.5. The molecular formula is C13H18N4O3. The fourth-order valence-corrected chi connectivity index (χ4v) is 2.05. The van der Waals surface area contributed by atoms with Crippen LogP contribution in [0.3, 0.4) is 0 Å². The van der Waals surface area contributed by atoms with Crippen LogP contribution in [0.5, 0.6) is 0 Å². The SMILES string of the molecule is CN(CC(=O)N1CCNCC1)C(=O)c1ccc(=O)[nH]c1. The number of hydrogen-bond donors (Lipinski definition) is 2. The molecule has 0 radical (unpaired) electrons. The van der Waals surface area contributed by atoms with Gasteiger partial charge in [0, 0.05) is 45.5 Å². The number of aromatic amines is 1. The van der Waals surface area contributed by atoms with Crippen molar-refractivity contribution in [3.05, 3.63) is 34.2 Å². The monoisotopic (exact) mass is 278 g/mol. The van der Waals surface area contributed by atoms with Crippen LogP contribution < -0.4 is 10.9 Å². The van der Waals surface area contributed by atoms with Gasteiger partial charge in [0.15, 0.2) is 0 Å². The lowest BCUT2D eigenvalue weighted by Crippen LogP contribution is -2.49. The summed E-state index contributed by atoms with van der Waals surface area (Å²) in [6.45, 7) is 2.93. The third-order valence-corrected chi connectivity index (χ3v) is 3.22. The molecule has 7 heteroatoms. The van der Waals surface area contributed by atoms with E-state index in [0.29, 0.717) is 18.7 Å². The summed E-state index contributed by atoms with van der Waals surface area (Å²) >= 11 is 0. The van der Waals surface area contributed by atoms with Crippen LogP contribution >= 0.6 is 0 Å². The number of hydrogen-bond acceptors (Lipinski definition) is 4. The largest absolute Gasteiger partial charge is 0.339 e. The number of nitrogens with zero attached hydrogens (tertiary/aromatic N) is 2. The van der Waals surface area contributed by atoms with Gasteiger partial charge < -0.3 is 20.1 Å². The van der Waals surface area contributed by atoms with Crippen molar-refractivity contribution < 1.29 is 9.59 Å². The normalized spacial score (nSPS) is 14.9. The lowest BCUT2D eigenvalue weighted by molar-refractivity contribution is -0.132. The van der Waals surface area contributed by atoms with E-state index < -0.39 is 0 Å². The first-order valence-corrected chi connectivity index (χ1v) is 6.50. The first kappa shape index (κ1) is 14.3. The molecule has 0 saturated carbocycles. The van der Waals surface area contributed by atoms with Crippen molar-refractivity contribution in [2.75, 3.05) is 39.8 Å². The third-order valence-electron chi connectivity index (χ3n) is 3.22. The number of carbonyl (C=O) groups is 2. The molecule has 0 aliphatic carbocycles. The molecule has 0 atom stereocenters. The number of pyridine rings is 1. The first-order chi connectivity index (χ1) is 9.58. The molecule has 108 valence electrons. The number of carbonyl (C=O) groups excluding carboxylic acids is 2. The van der Waals surface area contributed by atoms with Crippen LogP contribution in [-0.2, 0) is 4.79 Å². The molecule has 0 aromatic carbocycles. The Morgan fingerprint density at radius 2 is 2.00 bits per heavy atom. The maximum absolute atomic E-state index is 12.1. The van der Waals surface area contributed by atoms with Crippen LogP contribution in [0.25, 0.3) is 0 Å². The lowest BCUT2D eigenvalue weighted by Gasteiger charge is -2.29. The Kier molecular flexibility index (Phi) is 4.52. The molecule has 0 bridgehead atoms. The highest BCUT2D eigenvalue weighted by Gasteiger charge is 2.20. The summed E-state index contributed by atoms with van der Waals surface area (Å²) in [6, 6.07) is 2.74. The van der Waals surface area contributed by atoms with Gasteiger partial charge in [0.2, 0.25) is 11.5 Å². The average molecular weight is 278 g/mol. The van der Waals surface area contributed by atoms with Crippen molar-refractivity contribution in [2.24, 2.45) is 0 Å². The molecule has 1 aliphatic rings. The second kappa shape index (κ2) is 6.33. The average Bonchev–Trinajstić information content (AvgIpc) is 2.48. The summed E-state index contributed by atoms with van der Waals surface area (Å²) in [5.41, 5.74) is 0.0984. The minimum absolute atomic E-state index is 0.0396. The summed E-state index contributed by atoms with van der Waals surface area (Å²) in [7, 11) is 1.58. The Morgan fingerprint density at radius 1 is 1.30 bits per heavy atom. The molecule has 2 amide bonds. The molecule has 7 nitrogen and oxygen atoms in total. The highest BCUT2D eigenvalue weighted by molar-refractivity contribution is 5.96. The van der Waals surface area contributed by atoms with Gasteiger partial charge in [-0.15, -0.1) is 0 Å². The van der Waals surface area contributed by atoms with Gasteiger partial charge in [-0.25, -0.2) is 0 Å². The highest BCUT2D eigenvalue weighted by Crippen LogP contribution is 2.02. The zero-order valence-corrected chi connectivity index (χ0v) is 11.4. The van der Waals surface area contributed by atoms with E-state index in [0.717, 1.165) is 13.1 Å². The quantitative estimate of drug-likeness (QED) is 0.733. The minimum atomic E-state index is -0.287. The summed E-state index contributed by atoms with van der Waals surface area (Å²) in [4.78, 5) is 40.6. The summed E-state index contributed by atoms with van der Waals surface area (Å²) in [5, 5.41) is 3.17. The Balaban J connectivity index is 1.95. The lowest BCUT2D eigenvalue weighted by atomic mass is 10.2. The molecule has 0 unspecified atom stereocenters. The summed E-state index contributed by atoms with van der Waals surface area (Å²) < 4.78 is 0. The molecule has 1 fully saturated rings. The van der Waals surface area contributed by atoms with Gasteiger partial charge in [-0.05, 0) is 6.07 Å². The van der Waals surface area contributed by atoms with Crippen LogP contribution in [0.1, 0.15) is 10.4 Å². The van der Waals surface area contributed by atoms with Crippen LogP contribution in [0.2, 0.25) is 0 Å². The van der Waals surface area contributed by atoms with Crippen molar-refractivity contribution in [3.8, 4) is 0 Å². The molecule has 20 heavy (non-hydrogen) atoms. The van der Waals surface area contributed by atoms with E-state index in [1.165, 1.54) is 23.2 Å². The molecule has 1 aromatic heterocycles. The van der Waals surface area contributed by atoms with Crippen molar-refractivity contribution in [1.29, 1.82) is 0 Å². The van der Waals surface area contributed by atoms with E-state index >= 15 is 0 Å². The Labute approximate surface area is 116 Å². The van der Waals surface area contributed by atoms with Gasteiger partial charge in [-0.3, -0.25) is 14.4 Å². The van der Waals surface area contributed by atoms with E-state index in [1.807, 2.05) is 0 Å². The van der Waals surface area contributed by atoms with E-state index in [4.69, 9.17) is 0 Å². The van der Waals surface area contributed by atoms with Crippen LogP contribution in [0, 0.1) is 0 Å². The molecular weight excluding hydrogens is 260 g/mol. The topological polar surface area (TPSA) is 85.5 Å². The van der Waals surface area contributed by atoms with Crippen molar-refractivity contribution in [2.45, 2.75) is 0 Å². The predicted octanol–water partition coefficient (Wildman–Crippen LogP) is -1.12. The number of piperazine rings is 1. The molecule has 1 saturated heterocycles. The minimum Gasteiger partial charge on any atom is -0.339 e.